The molecule has 2 rings (SSSR count). The Bertz CT molecular complexity index is 558. The van der Waals surface area contributed by atoms with Crippen molar-refractivity contribution >= 4 is 23.3 Å². The van der Waals surface area contributed by atoms with Crippen molar-refractivity contribution in [3.8, 4) is 5.75 Å². The van der Waals surface area contributed by atoms with Crippen LogP contribution in [0.5, 0.6) is 5.75 Å². The number of aldehydes is 2. The van der Waals surface area contributed by atoms with Gasteiger partial charge in [0.2, 0.25) is 0 Å². The minimum absolute atomic E-state index is 0.484. The number of fused-ring (bicyclic) bond motifs is 1. The third-order valence-electron chi connectivity index (χ3n) is 2.48. The fourth-order valence-electron chi connectivity index (χ4n) is 1.66. The Kier molecular flexibility index (Phi) is 2.68. The maximum absolute atomic E-state index is 10.8. The van der Waals surface area contributed by atoms with Gasteiger partial charge in [0.15, 0.2) is 6.29 Å². The van der Waals surface area contributed by atoms with Gasteiger partial charge in [-0.1, -0.05) is 12.1 Å². The molecular formula is C13H10O3. The molecule has 0 radical (unpaired) electrons. The highest BCUT2D eigenvalue weighted by molar-refractivity contribution is 5.94. The van der Waals surface area contributed by atoms with E-state index >= 15 is 0 Å². The molecule has 16 heavy (non-hydrogen) atoms. The standard InChI is InChI=1S/C13H10O3/c1-16-13-6-10-3-2-9(7-14)4-11(10)5-12(13)8-15/h2-8H,1H3. The summed E-state index contributed by atoms with van der Waals surface area (Å²) in [5.74, 6) is 0.543. The summed E-state index contributed by atoms with van der Waals surface area (Å²) < 4.78 is 5.10. The van der Waals surface area contributed by atoms with E-state index in [1.54, 1.807) is 24.3 Å². The lowest BCUT2D eigenvalue weighted by Crippen LogP contribution is -1.91. The van der Waals surface area contributed by atoms with Crippen LogP contribution in [0.15, 0.2) is 30.3 Å². The second kappa shape index (κ2) is 4.14. The molecule has 0 heterocycles. The highest BCUT2D eigenvalue weighted by atomic mass is 16.5. The Labute approximate surface area is 92.6 Å². The number of hydrogen-bond donors (Lipinski definition) is 0. The Balaban J connectivity index is 2.72. The zero-order valence-corrected chi connectivity index (χ0v) is 8.77. The SMILES string of the molecule is COc1cc2ccc(C=O)cc2cc1C=O. The summed E-state index contributed by atoms with van der Waals surface area (Å²) in [6.45, 7) is 0. The number of ether oxygens (including phenoxy) is 1. The van der Waals surface area contributed by atoms with Gasteiger partial charge < -0.3 is 4.74 Å². The molecule has 0 saturated heterocycles. The van der Waals surface area contributed by atoms with Gasteiger partial charge in [-0.05, 0) is 29.0 Å². The zero-order valence-electron chi connectivity index (χ0n) is 8.77. The van der Waals surface area contributed by atoms with Crippen molar-refractivity contribution in [2.24, 2.45) is 0 Å². The Morgan fingerprint density at radius 2 is 1.81 bits per heavy atom. The highest BCUT2D eigenvalue weighted by Gasteiger charge is 2.04. The van der Waals surface area contributed by atoms with E-state index in [1.165, 1.54) is 7.11 Å². The molecule has 0 saturated carbocycles. The summed E-state index contributed by atoms with van der Waals surface area (Å²) >= 11 is 0. The van der Waals surface area contributed by atoms with Crippen molar-refractivity contribution in [1.82, 2.24) is 0 Å². The van der Waals surface area contributed by atoms with Crippen LogP contribution in [-0.4, -0.2) is 19.7 Å². The maximum atomic E-state index is 10.8. The molecule has 0 aliphatic heterocycles. The molecule has 0 fully saturated rings. The average Bonchev–Trinajstić information content (AvgIpc) is 2.36. The number of carbonyl (C=O) groups is 2. The van der Waals surface area contributed by atoms with Gasteiger partial charge in [0.25, 0.3) is 0 Å². The molecule has 0 bridgehead atoms. The first kappa shape index (κ1) is 10.4. The van der Waals surface area contributed by atoms with Crippen LogP contribution in [0.25, 0.3) is 10.8 Å². The fourth-order valence-corrected chi connectivity index (χ4v) is 1.66. The predicted octanol–water partition coefficient (Wildman–Crippen LogP) is 2.47. The van der Waals surface area contributed by atoms with E-state index in [0.29, 0.717) is 16.9 Å². The van der Waals surface area contributed by atoms with Crippen LogP contribution in [0.2, 0.25) is 0 Å². The Hall–Kier alpha value is -2.16. The van der Waals surface area contributed by atoms with Crippen molar-refractivity contribution < 1.29 is 14.3 Å². The van der Waals surface area contributed by atoms with Gasteiger partial charge in [0, 0.05) is 5.56 Å². The van der Waals surface area contributed by atoms with Gasteiger partial charge in [0.05, 0.1) is 12.7 Å². The molecule has 0 aliphatic rings. The molecule has 3 nitrogen and oxygen atoms in total. The van der Waals surface area contributed by atoms with Gasteiger partial charge in [-0.2, -0.15) is 0 Å². The first-order valence-electron chi connectivity index (χ1n) is 4.80. The minimum Gasteiger partial charge on any atom is -0.496 e. The fraction of sp³-hybridized carbons (Fsp3) is 0.0769. The lowest BCUT2D eigenvalue weighted by atomic mass is 10.0. The monoisotopic (exact) mass is 214 g/mol. The van der Waals surface area contributed by atoms with E-state index in [4.69, 9.17) is 4.74 Å². The average molecular weight is 214 g/mol. The number of carbonyl (C=O) groups excluding carboxylic acids is 2. The molecule has 0 aromatic heterocycles. The van der Waals surface area contributed by atoms with Gasteiger partial charge in [0.1, 0.15) is 12.0 Å². The normalized spacial score (nSPS) is 10.1. The van der Waals surface area contributed by atoms with Crippen LogP contribution in [0, 0.1) is 0 Å². The summed E-state index contributed by atoms with van der Waals surface area (Å²) in [5.41, 5.74) is 1.08. The highest BCUT2D eigenvalue weighted by Crippen LogP contribution is 2.25. The van der Waals surface area contributed by atoms with Crippen LogP contribution >= 0.6 is 0 Å². The first-order chi connectivity index (χ1) is 7.78. The Morgan fingerprint density at radius 3 is 2.44 bits per heavy atom. The lowest BCUT2D eigenvalue weighted by molar-refractivity contribution is 0.111. The third kappa shape index (κ3) is 1.67. The molecule has 0 atom stereocenters. The lowest BCUT2D eigenvalue weighted by Gasteiger charge is -2.06. The third-order valence-corrected chi connectivity index (χ3v) is 2.48. The predicted molar refractivity (Wildman–Crippen MR) is 61.3 cm³/mol. The molecule has 80 valence electrons. The number of benzene rings is 2. The van der Waals surface area contributed by atoms with Gasteiger partial charge in [-0.25, -0.2) is 0 Å². The van der Waals surface area contributed by atoms with Crippen LogP contribution < -0.4 is 4.74 Å². The summed E-state index contributed by atoms with van der Waals surface area (Å²) in [7, 11) is 1.52. The summed E-state index contributed by atoms with van der Waals surface area (Å²) in [6, 6.07) is 8.81. The van der Waals surface area contributed by atoms with E-state index in [9.17, 15) is 9.59 Å². The summed E-state index contributed by atoms with van der Waals surface area (Å²) in [6.07, 6.45) is 1.52. The summed E-state index contributed by atoms with van der Waals surface area (Å²) in [5, 5.41) is 1.79. The molecular weight excluding hydrogens is 204 g/mol. The van der Waals surface area contributed by atoms with E-state index < -0.39 is 0 Å². The van der Waals surface area contributed by atoms with E-state index in [2.05, 4.69) is 0 Å². The van der Waals surface area contributed by atoms with Gasteiger partial charge in [-0.3, -0.25) is 9.59 Å². The second-order valence-electron chi connectivity index (χ2n) is 3.44. The zero-order chi connectivity index (χ0) is 11.5. The molecule has 0 aliphatic carbocycles. The molecule has 0 N–H and O–H groups in total. The largest absolute Gasteiger partial charge is 0.496 e. The smallest absolute Gasteiger partial charge is 0.153 e. The second-order valence-corrected chi connectivity index (χ2v) is 3.44. The Morgan fingerprint density at radius 1 is 1.00 bits per heavy atom. The van der Waals surface area contributed by atoms with Crippen LogP contribution in [0.3, 0.4) is 0 Å². The van der Waals surface area contributed by atoms with Gasteiger partial charge in [-0.15, -0.1) is 0 Å². The van der Waals surface area contributed by atoms with Gasteiger partial charge >= 0.3 is 0 Å². The molecule has 2 aromatic carbocycles. The summed E-state index contributed by atoms with van der Waals surface area (Å²) in [4.78, 5) is 21.5. The van der Waals surface area contributed by atoms with E-state index in [1.807, 2.05) is 6.07 Å². The molecule has 2 aromatic rings. The van der Waals surface area contributed by atoms with Crippen molar-refractivity contribution in [3.05, 3.63) is 41.5 Å². The molecule has 0 unspecified atom stereocenters. The number of hydrogen-bond acceptors (Lipinski definition) is 3. The topological polar surface area (TPSA) is 43.4 Å². The quantitative estimate of drug-likeness (QED) is 0.737. The maximum Gasteiger partial charge on any atom is 0.153 e. The first-order valence-corrected chi connectivity index (χ1v) is 4.80. The van der Waals surface area contributed by atoms with Crippen molar-refractivity contribution in [2.75, 3.05) is 7.11 Å². The number of methoxy groups -OCH3 is 1. The van der Waals surface area contributed by atoms with Crippen LogP contribution in [0.4, 0.5) is 0 Å². The van der Waals surface area contributed by atoms with Crippen LogP contribution in [0.1, 0.15) is 20.7 Å². The van der Waals surface area contributed by atoms with E-state index in [0.717, 1.165) is 23.3 Å². The molecule has 0 spiro atoms. The van der Waals surface area contributed by atoms with Crippen molar-refractivity contribution in [1.29, 1.82) is 0 Å². The van der Waals surface area contributed by atoms with Crippen molar-refractivity contribution in [3.63, 3.8) is 0 Å². The minimum atomic E-state index is 0.484. The van der Waals surface area contributed by atoms with E-state index in [-0.39, 0.29) is 0 Å². The molecule has 3 heteroatoms. The van der Waals surface area contributed by atoms with Crippen molar-refractivity contribution in [2.45, 2.75) is 0 Å². The number of rotatable bonds is 3. The molecule has 0 amide bonds. The van der Waals surface area contributed by atoms with Crippen LogP contribution in [-0.2, 0) is 0 Å².